The monoisotopic (exact) mass is 320 g/mol. The Kier molecular flexibility index (Phi) is 6.69. The van der Waals surface area contributed by atoms with Crippen molar-refractivity contribution in [3.8, 4) is 0 Å². The lowest BCUT2D eigenvalue weighted by Crippen LogP contribution is -2.31. The van der Waals surface area contributed by atoms with Crippen LogP contribution in [0.3, 0.4) is 0 Å². The topological polar surface area (TPSA) is 43.4 Å². The van der Waals surface area contributed by atoms with Crippen LogP contribution in [0, 0.1) is 6.92 Å². The van der Waals surface area contributed by atoms with Crippen molar-refractivity contribution >= 4 is 24.8 Å². The SMILES string of the molecule is Cc1cccc(CO[C@H]2CO[C@@]3(CCNC3)C2)n1.Cl.Cl. The van der Waals surface area contributed by atoms with E-state index in [0.29, 0.717) is 13.2 Å². The third kappa shape index (κ3) is 4.06. The van der Waals surface area contributed by atoms with Crippen LogP contribution >= 0.6 is 24.8 Å². The first kappa shape index (κ1) is 17.7. The highest BCUT2D eigenvalue weighted by molar-refractivity contribution is 5.85. The lowest BCUT2D eigenvalue weighted by molar-refractivity contribution is 0.00453. The number of aryl methyl sites for hydroxylation is 1. The normalized spacial score (nSPS) is 28.1. The summed E-state index contributed by atoms with van der Waals surface area (Å²) in [4.78, 5) is 4.44. The summed E-state index contributed by atoms with van der Waals surface area (Å²) in [6.45, 7) is 5.33. The minimum Gasteiger partial charge on any atom is -0.371 e. The van der Waals surface area contributed by atoms with Gasteiger partial charge in [0.15, 0.2) is 0 Å². The summed E-state index contributed by atoms with van der Waals surface area (Å²) in [7, 11) is 0. The van der Waals surface area contributed by atoms with Gasteiger partial charge in [0.05, 0.1) is 30.6 Å². The summed E-state index contributed by atoms with van der Waals surface area (Å²) in [6.07, 6.45) is 2.33. The van der Waals surface area contributed by atoms with Crippen LogP contribution in [-0.4, -0.2) is 36.4 Å². The van der Waals surface area contributed by atoms with E-state index in [2.05, 4.69) is 10.3 Å². The molecule has 6 heteroatoms. The van der Waals surface area contributed by atoms with Crippen molar-refractivity contribution in [1.29, 1.82) is 0 Å². The summed E-state index contributed by atoms with van der Waals surface area (Å²) in [5.74, 6) is 0. The molecule has 0 aromatic carbocycles. The first-order valence-electron chi connectivity index (χ1n) is 6.65. The van der Waals surface area contributed by atoms with Gasteiger partial charge in [0, 0.05) is 18.7 Å². The van der Waals surface area contributed by atoms with Crippen LogP contribution in [0.2, 0.25) is 0 Å². The Bertz CT molecular complexity index is 425. The second kappa shape index (κ2) is 7.57. The minimum atomic E-state index is 0. The molecule has 4 nitrogen and oxygen atoms in total. The average molecular weight is 321 g/mol. The number of rotatable bonds is 3. The fourth-order valence-electron chi connectivity index (χ4n) is 2.81. The van der Waals surface area contributed by atoms with Crippen LogP contribution in [0.1, 0.15) is 24.2 Å². The molecule has 2 saturated heterocycles. The predicted molar refractivity (Wildman–Crippen MR) is 82.8 cm³/mol. The van der Waals surface area contributed by atoms with Crippen molar-refractivity contribution in [2.24, 2.45) is 0 Å². The molecule has 0 aliphatic carbocycles. The molecule has 1 aromatic heterocycles. The van der Waals surface area contributed by atoms with Gasteiger partial charge in [0.2, 0.25) is 0 Å². The molecule has 3 rings (SSSR count). The molecule has 1 aromatic rings. The number of hydrogen-bond donors (Lipinski definition) is 1. The van der Waals surface area contributed by atoms with Gasteiger partial charge in [-0.15, -0.1) is 24.8 Å². The Balaban J connectivity index is 0.000001000. The predicted octanol–water partition coefficient (Wildman–Crippen LogP) is 2.27. The van der Waals surface area contributed by atoms with E-state index in [1.165, 1.54) is 0 Å². The Labute approximate surface area is 132 Å². The van der Waals surface area contributed by atoms with E-state index in [0.717, 1.165) is 37.3 Å². The van der Waals surface area contributed by atoms with Gasteiger partial charge in [0.25, 0.3) is 0 Å². The van der Waals surface area contributed by atoms with E-state index < -0.39 is 0 Å². The molecule has 0 radical (unpaired) electrons. The summed E-state index contributed by atoms with van der Waals surface area (Å²) in [5, 5.41) is 3.36. The van der Waals surface area contributed by atoms with Crippen molar-refractivity contribution in [2.45, 2.75) is 38.1 Å². The van der Waals surface area contributed by atoms with Gasteiger partial charge in [-0.1, -0.05) is 6.07 Å². The molecule has 2 fully saturated rings. The first-order valence-corrected chi connectivity index (χ1v) is 6.65. The second-order valence-electron chi connectivity index (χ2n) is 5.33. The van der Waals surface area contributed by atoms with Crippen LogP contribution in [0.5, 0.6) is 0 Å². The van der Waals surface area contributed by atoms with E-state index in [1.807, 2.05) is 25.1 Å². The fraction of sp³-hybridized carbons (Fsp3) is 0.643. The zero-order chi connectivity index (χ0) is 12.4. The third-order valence-electron chi connectivity index (χ3n) is 3.79. The molecule has 1 spiro atoms. The van der Waals surface area contributed by atoms with Crippen LogP contribution in [-0.2, 0) is 16.1 Å². The Morgan fingerprint density at radius 2 is 2.30 bits per heavy atom. The number of ether oxygens (including phenoxy) is 2. The number of halogens is 2. The Morgan fingerprint density at radius 3 is 3.00 bits per heavy atom. The van der Waals surface area contributed by atoms with Gasteiger partial charge in [0.1, 0.15) is 0 Å². The highest BCUT2D eigenvalue weighted by Crippen LogP contribution is 2.33. The number of pyridine rings is 1. The highest BCUT2D eigenvalue weighted by Gasteiger charge is 2.42. The van der Waals surface area contributed by atoms with Crippen LogP contribution < -0.4 is 5.32 Å². The van der Waals surface area contributed by atoms with Gasteiger partial charge < -0.3 is 14.8 Å². The Hall–Kier alpha value is -0.390. The number of hydrogen-bond acceptors (Lipinski definition) is 4. The van der Waals surface area contributed by atoms with Gasteiger partial charge in [-0.2, -0.15) is 0 Å². The molecule has 3 heterocycles. The van der Waals surface area contributed by atoms with Crippen molar-refractivity contribution < 1.29 is 9.47 Å². The second-order valence-corrected chi connectivity index (χ2v) is 5.33. The van der Waals surface area contributed by atoms with Crippen LogP contribution in [0.4, 0.5) is 0 Å². The van der Waals surface area contributed by atoms with E-state index in [1.54, 1.807) is 0 Å². The molecule has 2 aliphatic heterocycles. The molecule has 0 unspecified atom stereocenters. The summed E-state index contributed by atoms with van der Waals surface area (Å²) in [5.41, 5.74) is 2.08. The fourth-order valence-corrected chi connectivity index (χ4v) is 2.81. The summed E-state index contributed by atoms with van der Waals surface area (Å²) in [6, 6.07) is 6.03. The van der Waals surface area contributed by atoms with Gasteiger partial charge in [-0.05, 0) is 32.0 Å². The molecule has 1 N–H and O–H groups in total. The zero-order valence-electron chi connectivity index (χ0n) is 11.6. The standard InChI is InChI=1S/C14H20N2O2.2ClH/c1-11-3-2-4-12(16-11)8-17-13-7-14(18-9-13)5-6-15-10-14;;/h2-4,13,15H,5-10H2,1H3;2*1H/t13-,14+;;/m1../s1. The van der Waals surface area contributed by atoms with Crippen molar-refractivity contribution in [3.63, 3.8) is 0 Å². The molecule has 20 heavy (non-hydrogen) atoms. The smallest absolute Gasteiger partial charge is 0.0892 e. The van der Waals surface area contributed by atoms with E-state index in [9.17, 15) is 0 Å². The van der Waals surface area contributed by atoms with Gasteiger partial charge >= 0.3 is 0 Å². The largest absolute Gasteiger partial charge is 0.371 e. The molecular weight excluding hydrogens is 299 g/mol. The van der Waals surface area contributed by atoms with Crippen molar-refractivity contribution in [2.75, 3.05) is 19.7 Å². The first-order chi connectivity index (χ1) is 8.76. The number of nitrogens with zero attached hydrogens (tertiary/aromatic N) is 1. The van der Waals surface area contributed by atoms with Crippen molar-refractivity contribution in [1.82, 2.24) is 10.3 Å². The maximum absolute atomic E-state index is 5.92. The average Bonchev–Trinajstić information content (AvgIpc) is 2.98. The zero-order valence-corrected chi connectivity index (χ0v) is 13.3. The molecule has 114 valence electrons. The van der Waals surface area contributed by atoms with E-state index in [4.69, 9.17) is 9.47 Å². The van der Waals surface area contributed by atoms with Crippen LogP contribution in [0.25, 0.3) is 0 Å². The third-order valence-corrected chi connectivity index (χ3v) is 3.79. The number of nitrogens with one attached hydrogen (secondary N) is 1. The van der Waals surface area contributed by atoms with Crippen molar-refractivity contribution in [3.05, 3.63) is 29.6 Å². The van der Waals surface area contributed by atoms with Crippen LogP contribution in [0.15, 0.2) is 18.2 Å². The summed E-state index contributed by atoms with van der Waals surface area (Å²) >= 11 is 0. The minimum absolute atomic E-state index is 0. The number of aromatic nitrogens is 1. The molecule has 2 aliphatic rings. The maximum Gasteiger partial charge on any atom is 0.0892 e. The van der Waals surface area contributed by atoms with E-state index >= 15 is 0 Å². The van der Waals surface area contributed by atoms with E-state index in [-0.39, 0.29) is 36.5 Å². The molecule has 0 saturated carbocycles. The molecule has 0 amide bonds. The van der Waals surface area contributed by atoms with Gasteiger partial charge in [-0.25, -0.2) is 0 Å². The summed E-state index contributed by atoms with van der Waals surface area (Å²) < 4.78 is 11.8. The molecule has 2 atom stereocenters. The van der Waals surface area contributed by atoms with Gasteiger partial charge in [-0.3, -0.25) is 4.98 Å². The quantitative estimate of drug-likeness (QED) is 0.927. The highest BCUT2D eigenvalue weighted by atomic mass is 35.5. The lowest BCUT2D eigenvalue weighted by Gasteiger charge is -2.20. The maximum atomic E-state index is 5.92. The molecule has 0 bridgehead atoms. The Morgan fingerprint density at radius 1 is 1.45 bits per heavy atom. The molecular formula is C14H22Cl2N2O2. The lowest BCUT2D eigenvalue weighted by atomic mass is 9.98.